The van der Waals surface area contributed by atoms with Crippen molar-refractivity contribution in [2.24, 2.45) is 0 Å². The topological polar surface area (TPSA) is 48.5 Å². The van der Waals surface area contributed by atoms with Crippen LogP contribution in [0.5, 0.6) is 0 Å². The molecule has 6 heteroatoms. The molecular formula is C75H52BN5. The van der Waals surface area contributed by atoms with E-state index in [1.54, 1.807) is 0 Å². The van der Waals surface area contributed by atoms with E-state index in [4.69, 9.17) is 9.97 Å². The van der Waals surface area contributed by atoms with Crippen LogP contribution in [0.25, 0.3) is 153 Å². The lowest BCUT2D eigenvalue weighted by Gasteiger charge is -2.35. The summed E-state index contributed by atoms with van der Waals surface area (Å²) in [5, 5.41) is 17.0. The van der Waals surface area contributed by atoms with Crippen molar-refractivity contribution >= 4 is 143 Å². The van der Waals surface area contributed by atoms with E-state index in [1.165, 1.54) is 126 Å². The minimum absolute atomic E-state index is 0.0615. The maximum absolute atomic E-state index is 6.01. The van der Waals surface area contributed by atoms with Crippen molar-refractivity contribution in [1.29, 1.82) is 0 Å². The zero-order valence-corrected chi connectivity index (χ0v) is 45.9. The Hall–Kier alpha value is -9.65. The Bertz CT molecular complexity index is 5520. The van der Waals surface area contributed by atoms with Gasteiger partial charge in [0.25, 0.3) is 6.71 Å². The van der Waals surface area contributed by atoms with Gasteiger partial charge in [0, 0.05) is 72.2 Å². The molecule has 0 atom stereocenters. The van der Waals surface area contributed by atoms with Gasteiger partial charge in [-0.15, -0.1) is 0 Å². The Morgan fingerprint density at radius 1 is 0.383 bits per heavy atom. The van der Waals surface area contributed by atoms with E-state index in [0.29, 0.717) is 0 Å². The molecule has 0 saturated heterocycles. The smallest absolute Gasteiger partial charge is 0.252 e. The summed E-state index contributed by atoms with van der Waals surface area (Å²) in [6.07, 6.45) is 3.90. The maximum atomic E-state index is 6.01. The van der Waals surface area contributed by atoms with Crippen molar-refractivity contribution in [1.82, 2.24) is 24.1 Å². The molecule has 0 unspecified atom stereocenters. The van der Waals surface area contributed by atoms with E-state index in [1.807, 2.05) is 12.4 Å². The van der Waals surface area contributed by atoms with Crippen LogP contribution in [0, 0.1) is 0 Å². The second-order valence-electron chi connectivity index (χ2n) is 25.1. The van der Waals surface area contributed by atoms with Gasteiger partial charge in [-0.25, -0.2) is 9.97 Å². The van der Waals surface area contributed by atoms with Gasteiger partial charge in [-0.2, -0.15) is 0 Å². The lowest BCUT2D eigenvalue weighted by Crippen LogP contribution is -2.59. The van der Waals surface area contributed by atoms with Crippen LogP contribution in [0.4, 0.5) is 0 Å². The Morgan fingerprint density at radius 3 is 1.70 bits per heavy atom. The minimum Gasteiger partial charge on any atom is -0.310 e. The van der Waals surface area contributed by atoms with Gasteiger partial charge >= 0.3 is 0 Å². The highest BCUT2D eigenvalue weighted by Crippen LogP contribution is 2.49. The fraction of sp³-hybridized carbons (Fsp3) is 0.107. The number of hydrogen-bond donors (Lipinski definition) is 0. The number of nitrogens with zero attached hydrogens (tertiary/aromatic N) is 5. The average Bonchev–Trinajstić information content (AvgIpc) is 2.10. The molecular weight excluding hydrogens is 982 g/mol. The fourth-order valence-electron chi connectivity index (χ4n) is 14.9. The highest BCUT2D eigenvalue weighted by Gasteiger charge is 2.44. The molecule has 81 heavy (non-hydrogen) atoms. The van der Waals surface area contributed by atoms with Gasteiger partial charge in [0.2, 0.25) is 0 Å². The summed E-state index contributed by atoms with van der Waals surface area (Å²) in [7, 11) is 0. The highest BCUT2D eigenvalue weighted by atomic mass is 15.1. The first kappa shape index (κ1) is 45.2. The van der Waals surface area contributed by atoms with Crippen molar-refractivity contribution in [2.75, 3.05) is 0 Å². The van der Waals surface area contributed by atoms with Gasteiger partial charge in [-0.05, 0) is 135 Å². The van der Waals surface area contributed by atoms with Crippen molar-refractivity contribution in [3.05, 3.63) is 218 Å². The van der Waals surface area contributed by atoms with Crippen LogP contribution in [-0.4, -0.2) is 30.8 Å². The molecule has 5 nitrogen and oxygen atoms in total. The molecule has 4 aromatic heterocycles. The molecule has 0 aliphatic carbocycles. The molecule has 380 valence electrons. The van der Waals surface area contributed by atoms with Gasteiger partial charge in [0.05, 0.1) is 33.3 Å². The molecule has 0 N–H and O–H groups in total. The summed E-state index contributed by atoms with van der Waals surface area (Å²) in [5.74, 6) is 0. The Labute approximate surface area is 467 Å². The Kier molecular flexibility index (Phi) is 8.71. The monoisotopic (exact) mass is 1030 g/mol. The Balaban J connectivity index is 1.10. The van der Waals surface area contributed by atoms with Crippen molar-refractivity contribution in [3.8, 4) is 33.6 Å². The standard InChI is InChI=1S/C75H52BN5/c1-74(2,3)43-28-30-62-55(36-43)56-37-44(75(4,5)6)38-60-71(56)81(62)73-67-64(39-61-70(73)79-69-54-32-33-77-40-58(54)50-25-15-17-27-53(50)68(69)78-61)80-63-31-29-52-49-24-13-12-22-47(49)48-23-14-16-26-51(48)65(52)66(63)57-34-42(35-59(72(57)80)76(60)67)46-21-11-10-20-45(46)41-18-8-7-9-19-41/h7-40H,1-6H3. The van der Waals surface area contributed by atoms with E-state index in [-0.39, 0.29) is 17.5 Å². The predicted octanol–water partition coefficient (Wildman–Crippen LogP) is 17.2. The largest absolute Gasteiger partial charge is 0.310 e. The molecule has 0 fully saturated rings. The van der Waals surface area contributed by atoms with Gasteiger partial charge < -0.3 is 9.13 Å². The third-order valence-electron chi connectivity index (χ3n) is 18.6. The third kappa shape index (κ3) is 5.93. The second-order valence-corrected chi connectivity index (χ2v) is 25.1. The van der Waals surface area contributed by atoms with Gasteiger partial charge in [-0.1, -0.05) is 193 Å². The maximum Gasteiger partial charge on any atom is 0.252 e. The average molecular weight is 1030 g/mol. The van der Waals surface area contributed by atoms with Crippen LogP contribution in [0.1, 0.15) is 52.7 Å². The molecule has 0 amide bonds. The van der Waals surface area contributed by atoms with Crippen LogP contribution >= 0.6 is 0 Å². The number of benzene rings is 12. The third-order valence-corrected chi connectivity index (χ3v) is 18.6. The highest BCUT2D eigenvalue weighted by molar-refractivity contribution is 7.00. The van der Waals surface area contributed by atoms with Crippen LogP contribution in [0.15, 0.2) is 207 Å². The van der Waals surface area contributed by atoms with Gasteiger partial charge in [-0.3, -0.25) is 4.98 Å². The van der Waals surface area contributed by atoms with Crippen molar-refractivity contribution < 1.29 is 0 Å². The fourth-order valence-corrected chi connectivity index (χ4v) is 14.9. The zero-order valence-electron chi connectivity index (χ0n) is 45.9. The van der Waals surface area contributed by atoms with Crippen molar-refractivity contribution in [3.63, 3.8) is 0 Å². The lowest BCUT2D eigenvalue weighted by molar-refractivity contribution is 0.590. The van der Waals surface area contributed by atoms with E-state index < -0.39 is 0 Å². The molecule has 0 bridgehead atoms. The van der Waals surface area contributed by atoms with Crippen LogP contribution in [-0.2, 0) is 10.8 Å². The first-order valence-electron chi connectivity index (χ1n) is 28.5. The second kappa shape index (κ2) is 15.6. The normalized spacial score (nSPS) is 13.3. The molecule has 0 spiro atoms. The molecule has 18 rings (SSSR count). The van der Waals surface area contributed by atoms with Crippen LogP contribution in [0.2, 0.25) is 0 Å². The molecule has 0 radical (unpaired) electrons. The van der Waals surface area contributed by atoms with Crippen molar-refractivity contribution in [2.45, 2.75) is 52.4 Å². The molecule has 16 aromatic rings. The van der Waals surface area contributed by atoms with Crippen LogP contribution < -0.4 is 16.4 Å². The molecule has 6 heterocycles. The first-order valence-corrected chi connectivity index (χ1v) is 28.5. The number of hydrogen-bond acceptors (Lipinski definition) is 3. The van der Waals surface area contributed by atoms with E-state index in [0.717, 1.165) is 55.0 Å². The predicted molar refractivity (Wildman–Crippen MR) is 344 cm³/mol. The molecule has 2 aliphatic heterocycles. The number of pyridine rings is 1. The zero-order chi connectivity index (χ0) is 53.9. The summed E-state index contributed by atoms with van der Waals surface area (Å²) in [6, 6.07) is 73.4. The van der Waals surface area contributed by atoms with Gasteiger partial charge in [0.1, 0.15) is 5.52 Å². The number of rotatable bonds is 2. The summed E-state index contributed by atoms with van der Waals surface area (Å²) >= 11 is 0. The van der Waals surface area contributed by atoms with Gasteiger partial charge in [0.15, 0.2) is 0 Å². The lowest BCUT2D eigenvalue weighted by atomic mass is 9.34. The molecule has 0 saturated carbocycles. The minimum atomic E-state index is -0.176. The number of aromatic nitrogens is 5. The Morgan fingerprint density at radius 2 is 0.963 bits per heavy atom. The molecule has 12 aromatic carbocycles. The van der Waals surface area contributed by atoms with E-state index >= 15 is 0 Å². The summed E-state index contributed by atoms with van der Waals surface area (Å²) in [4.78, 5) is 16.6. The summed E-state index contributed by atoms with van der Waals surface area (Å²) < 4.78 is 5.25. The van der Waals surface area contributed by atoms with E-state index in [9.17, 15) is 0 Å². The first-order chi connectivity index (χ1) is 39.5. The SMILES string of the molecule is CC(C)(C)c1ccc2c(c1)c1cc(C(C)(C)C)cc3c1n2-c1c2c(cc4nc5c6ccccc6c6cnccc6c5nc14)-n1c4ccc5c6ccccc6c6ccccc6c5c4c4cc(-c5ccccc5-c5ccccc5)cc(c41)B23. The van der Waals surface area contributed by atoms with E-state index in [2.05, 4.69) is 250 Å². The summed E-state index contributed by atoms with van der Waals surface area (Å²) in [6.45, 7) is 13.9. The summed E-state index contributed by atoms with van der Waals surface area (Å²) in [5.41, 5.74) is 21.8. The van der Waals surface area contributed by atoms with Crippen LogP contribution in [0.3, 0.4) is 0 Å². The quantitative estimate of drug-likeness (QED) is 0.0985. The number of fused-ring (bicyclic) bond motifs is 25. The molecule has 2 aliphatic rings.